The minimum absolute atomic E-state index is 0. The Balaban J connectivity index is 0.000000845. The molecule has 0 unspecified atom stereocenters. The molecule has 14 heavy (non-hydrogen) atoms. The lowest BCUT2D eigenvalue weighted by molar-refractivity contribution is 0.135. The van der Waals surface area contributed by atoms with Crippen LogP contribution in [0.5, 0.6) is 0 Å². The highest BCUT2D eigenvalue weighted by Crippen LogP contribution is 2.43. The number of piperidine rings is 1. The van der Waals surface area contributed by atoms with Crippen molar-refractivity contribution in [2.75, 3.05) is 13.1 Å². The van der Waals surface area contributed by atoms with Crippen molar-refractivity contribution >= 4 is 24.8 Å². The molecule has 2 aliphatic rings. The van der Waals surface area contributed by atoms with Gasteiger partial charge >= 0.3 is 0 Å². The zero-order valence-electron chi connectivity index (χ0n) is 8.24. The first-order valence-electron chi connectivity index (χ1n) is 4.87. The second kappa shape index (κ2) is 5.52. The molecule has 86 valence electrons. The van der Waals surface area contributed by atoms with Crippen LogP contribution in [-0.2, 0) is 0 Å². The van der Waals surface area contributed by atoms with Crippen molar-refractivity contribution in [3.8, 4) is 0 Å². The molecular weight excluding hydrogens is 223 g/mol. The fourth-order valence-corrected chi connectivity index (χ4v) is 2.75. The summed E-state index contributed by atoms with van der Waals surface area (Å²) in [5, 5.41) is 12.9. The van der Waals surface area contributed by atoms with Gasteiger partial charge in [-0.1, -0.05) is 0 Å². The van der Waals surface area contributed by atoms with Gasteiger partial charge in [0, 0.05) is 6.04 Å². The van der Waals surface area contributed by atoms with Gasteiger partial charge in [-0.15, -0.1) is 24.8 Å². The fourth-order valence-electron chi connectivity index (χ4n) is 2.75. The predicted octanol–water partition coefficient (Wildman–Crippen LogP) is 0.682. The normalized spacial score (nSPS) is 34.7. The number of hydrogen-bond acceptors (Lipinski definition) is 3. The number of aliphatic hydroxyl groups excluding tert-OH is 1. The molecule has 2 rings (SSSR count). The second-order valence-corrected chi connectivity index (χ2v) is 4.31. The Morgan fingerprint density at radius 2 is 1.79 bits per heavy atom. The largest absolute Gasteiger partial charge is 0.393 e. The van der Waals surface area contributed by atoms with Gasteiger partial charge in [0.2, 0.25) is 0 Å². The van der Waals surface area contributed by atoms with Gasteiger partial charge in [-0.05, 0) is 44.2 Å². The summed E-state index contributed by atoms with van der Waals surface area (Å²) in [6.07, 6.45) is 3.88. The Morgan fingerprint density at radius 3 is 2.21 bits per heavy atom. The fraction of sp³-hybridized carbons (Fsp3) is 1.00. The van der Waals surface area contributed by atoms with Gasteiger partial charge in [0.25, 0.3) is 0 Å². The summed E-state index contributed by atoms with van der Waals surface area (Å²) < 4.78 is 0. The van der Waals surface area contributed by atoms with E-state index >= 15 is 0 Å². The zero-order valence-corrected chi connectivity index (χ0v) is 9.87. The third kappa shape index (κ3) is 2.52. The summed E-state index contributed by atoms with van der Waals surface area (Å²) >= 11 is 0. The van der Waals surface area contributed by atoms with Crippen molar-refractivity contribution in [1.29, 1.82) is 0 Å². The molecule has 0 bridgehead atoms. The van der Waals surface area contributed by atoms with E-state index in [1.54, 1.807) is 0 Å². The molecule has 2 fully saturated rings. The van der Waals surface area contributed by atoms with Gasteiger partial charge in [0.05, 0.1) is 6.10 Å². The van der Waals surface area contributed by atoms with Crippen molar-refractivity contribution in [1.82, 2.24) is 5.32 Å². The minimum Gasteiger partial charge on any atom is -0.393 e. The average Bonchev–Trinajstić information content (AvgIpc) is 2.29. The number of halogens is 2. The number of rotatable bonds is 0. The molecule has 0 aromatic heterocycles. The number of nitrogens with one attached hydrogen (secondary N) is 1. The Kier molecular flexibility index (Phi) is 5.70. The number of hydrogen-bond donors (Lipinski definition) is 3. The van der Waals surface area contributed by atoms with Gasteiger partial charge in [-0.25, -0.2) is 0 Å². The summed E-state index contributed by atoms with van der Waals surface area (Å²) in [5.41, 5.74) is 6.32. The topological polar surface area (TPSA) is 58.3 Å². The quantitative estimate of drug-likeness (QED) is 0.586. The molecule has 0 aromatic rings. The highest BCUT2D eigenvalue weighted by atomic mass is 35.5. The average molecular weight is 243 g/mol. The van der Waals surface area contributed by atoms with Crippen LogP contribution in [0, 0.1) is 5.41 Å². The van der Waals surface area contributed by atoms with Gasteiger partial charge in [-0.2, -0.15) is 0 Å². The van der Waals surface area contributed by atoms with E-state index in [1.165, 1.54) is 0 Å². The molecule has 0 aromatic carbocycles. The third-order valence-electron chi connectivity index (χ3n) is 3.55. The molecule has 3 nitrogen and oxygen atoms in total. The Morgan fingerprint density at radius 1 is 1.21 bits per heavy atom. The van der Waals surface area contributed by atoms with Crippen LogP contribution in [0.3, 0.4) is 0 Å². The molecule has 1 aliphatic carbocycles. The first-order valence-corrected chi connectivity index (χ1v) is 4.87. The Hall–Kier alpha value is 0.460. The Labute approximate surface area is 97.6 Å². The summed E-state index contributed by atoms with van der Waals surface area (Å²) in [4.78, 5) is 0. The zero-order chi connectivity index (χ0) is 8.60. The molecular formula is C9H20Cl2N2O. The van der Waals surface area contributed by atoms with Crippen LogP contribution in [0.2, 0.25) is 0 Å². The van der Waals surface area contributed by atoms with E-state index in [-0.39, 0.29) is 42.4 Å². The van der Waals surface area contributed by atoms with Gasteiger partial charge in [0.1, 0.15) is 0 Å². The standard InChI is InChI=1S/C9H18N2O.2ClH/c10-8-5-7(12)6-9(8)1-3-11-4-2-9;;/h7-8,11-12H,1-6,10H2;2*1H/t7-,8+;;/m1../s1. The van der Waals surface area contributed by atoms with Crippen LogP contribution in [0.15, 0.2) is 0 Å². The maximum Gasteiger partial charge on any atom is 0.0561 e. The predicted molar refractivity (Wildman–Crippen MR) is 62.2 cm³/mol. The van der Waals surface area contributed by atoms with Crippen molar-refractivity contribution in [2.24, 2.45) is 11.1 Å². The van der Waals surface area contributed by atoms with E-state index < -0.39 is 0 Å². The van der Waals surface area contributed by atoms with Gasteiger partial charge < -0.3 is 16.2 Å². The lowest BCUT2D eigenvalue weighted by Gasteiger charge is -2.37. The molecule has 0 radical (unpaired) electrons. The first kappa shape index (κ1) is 14.5. The van der Waals surface area contributed by atoms with Crippen molar-refractivity contribution in [3.05, 3.63) is 0 Å². The number of nitrogens with two attached hydrogens (primary N) is 1. The molecule has 2 atom stereocenters. The van der Waals surface area contributed by atoms with Crippen LogP contribution >= 0.6 is 24.8 Å². The number of aliphatic hydroxyl groups is 1. The Bertz CT molecular complexity index is 174. The molecule has 0 amide bonds. The smallest absolute Gasteiger partial charge is 0.0561 e. The monoisotopic (exact) mass is 242 g/mol. The van der Waals surface area contributed by atoms with Crippen LogP contribution in [0.25, 0.3) is 0 Å². The summed E-state index contributed by atoms with van der Waals surface area (Å²) in [6, 6.07) is 0.231. The molecule has 1 aliphatic heterocycles. The molecule has 1 heterocycles. The highest BCUT2D eigenvalue weighted by molar-refractivity contribution is 5.85. The van der Waals surface area contributed by atoms with Crippen LogP contribution in [-0.4, -0.2) is 30.3 Å². The van der Waals surface area contributed by atoms with E-state index in [1.807, 2.05) is 0 Å². The van der Waals surface area contributed by atoms with E-state index in [2.05, 4.69) is 5.32 Å². The molecule has 1 spiro atoms. The van der Waals surface area contributed by atoms with E-state index in [0.29, 0.717) is 0 Å². The molecule has 1 saturated heterocycles. The highest BCUT2D eigenvalue weighted by Gasteiger charge is 2.45. The summed E-state index contributed by atoms with van der Waals surface area (Å²) in [5.74, 6) is 0. The minimum atomic E-state index is -0.141. The molecule has 5 heteroatoms. The first-order chi connectivity index (χ1) is 5.73. The van der Waals surface area contributed by atoms with Crippen LogP contribution < -0.4 is 11.1 Å². The summed E-state index contributed by atoms with van der Waals surface area (Å²) in [6.45, 7) is 2.14. The van der Waals surface area contributed by atoms with Gasteiger partial charge in [-0.3, -0.25) is 0 Å². The van der Waals surface area contributed by atoms with Crippen LogP contribution in [0.4, 0.5) is 0 Å². The van der Waals surface area contributed by atoms with E-state index in [9.17, 15) is 5.11 Å². The van der Waals surface area contributed by atoms with Crippen LogP contribution in [0.1, 0.15) is 25.7 Å². The SMILES string of the molecule is Cl.Cl.N[C@H]1C[C@@H](O)CC12CCNCC2. The van der Waals surface area contributed by atoms with E-state index in [0.717, 1.165) is 38.8 Å². The van der Waals surface area contributed by atoms with Crippen molar-refractivity contribution in [3.63, 3.8) is 0 Å². The maximum atomic E-state index is 9.52. The lowest BCUT2D eigenvalue weighted by atomic mass is 9.75. The summed E-state index contributed by atoms with van der Waals surface area (Å²) in [7, 11) is 0. The maximum absolute atomic E-state index is 9.52. The third-order valence-corrected chi connectivity index (χ3v) is 3.55. The van der Waals surface area contributed by atoms with Crippen molar-refractivity contribution in [2.45, 2.75) is 37.8 Å². The van der Waals surface area contributed by atoms with E-state index in [4.69, 9.17) is 5.73 Å². The second-order valence-electron chi connectivity index (χ2n) is 4.31. The molecule has 4 N–H and O–H groups in total. The van der Waals surface area contributed by atoms with Gasteiger partial charge in [0.15, 0.2) is 0 Å². The molecule has 1 saturated carbocycles. The lowest BCUT2D eigenvalue weighted by Crippen LogP contribution is -2.45. The van der Waals surface area contributed by atoms with Crippen molar-refractivity contribution < 1.29 is 5.11 Å².